The predicted molar refractivity (Wildman–Crippen MR) is 110 cm³/mol. The molecule has 1 aliphatic carbocycles. The number of carbonyl (C=O) groups is 1. The highest BCUT2D eigenvalue weighted by Gasteiger charge is 2.55. The van der Waals surface area contributed by atoms with E-state index in [4.69, 9.17) is 18.9 Å². The molecule has 0 spiro atoms. The minimum Gasteiger partial charge on any atom is -0.493 e. The van der Waals surface area contributed by atoms with Gasteiger partial charge in [0.25, 0.3) is 0 Å². The van der Waals surface area contributed by atoms with Crippen LogP contribution in [0.25, 0.3) is 0 Å². The molecule has 0 radical (unpaired) electrons. The maximum absolute atomic E-state index is 13.6. The molecule has 2 aliphatic heterocycles. The normalized spacial score (nSPS) is 25.8. The van der Waals surface area contributed by atoms with Gasteiger partial charge in [0.05, 0.1) is 19.8 Å². The molecule has 0 fully saturated rings. The molecule has 3 unspecified atom stereocenters. The third-order valence-electron chi connectivity index (χ3n) is 6.44. The Morgan fingerprint density at radius 2 is 1.93 bits per heavy atom. The monoisotopic (exact) mass is 408 g/mol. The molecular formula is C24H24O6. The van der Waals surface area contributed by atoms with Crippen molar-refractivity contribution in [3.05, 3.63) is 58.7 Å². The summed E-state index contributed by atoms with van der Waals surface area (Å²) in [5, 5.41) is 11.7. The van der Waals surface area contributed by atoms with Crippen molar-refractivity contribution >= 4 is 5.78 Å². The highest BCUT2D eigenvalue weighted by molar-refractivity contribution is 6.07. The summed E-state index contributed by atoms with van der Waals surface area (Å²) >= 11 is 0. The maximum atomic E-state index is 13.6. The molecule has 5 rings (SSSR count). The summed E-state index contributed by atoms with van der Waals surface area (Å²) in [7, 11) is 3.10. The van der Waals surface area contributed by atoms with Crippen LogP contribution in [0.15, 0.2) is 36.4 Å². The van der Waals surface area contributed by atoms with E-state index in [0.717, 1.165) is 16.7 Å². The lowest BCUT2D eigenvalue weighted by molar-refractivity contribution is -0.0604. The predicted octanol–water partition coefficient (Wildman–Crippen LogP) is 3.36. The first kappa shape index (κ1) is 19.0. The van der Waals surface area contributed by atoms with Crippen LogP contribution in [0.5, 0.6) is 23.0 Å². The molecule has 0 saturated heterocycles. The Morgan fingerprint density at radius 1 is 1.20 bits per heavy atom. The van der Waals surface area contributed by atoms with Crippen LogP contribution in [0.4, 0.5) is 0 Å². The summed E-state index contributed by atoms with van der Waals surface area (Å²) in [6, 6.07) is 6.99. The van der Waals surface area contributed by atoms with Crippen LogP contribution in [0.3, 0.4) is 0 Å². The molecule has 0 amide bonds. The molecule has 2 aromatic carbocycles. The van der Waals surface area contributed by atoms with Gasteiger partial charge in [0, 0.05) is 17.5 Å². The number of benzene rings is 2. The van der Waals surface area contributed by atoms with Crippen molar-refractivity contribution in [3.8, 4) is 23.0 Å². The fourth-order valence-corrected chi connectivity index (χ4v) is 4.79. The van der Waals surface area contributed by atoms with Gasteiger partial charge in [0.15, 0.2) is 17.1 Å². The third kappa shape index (κ3) is 2.43. The first-order chi connectivity index (χ1) is 14.4. The Labute approximate surface area is 175 Å². The highest BCUT2D eigenvalue weighted by atomic mass is 16.5. The van der Waals surface area contributed by atoms with Crippen LogP contribution < -0.4 is 18.9 Å². The van der Waals surface area contributed by atoms with Gasteiger partial charge in [-0.1, -0.05) is 6.58 Å². The van der Waals surface area contributed by atoms with Gasteiger partial charge < -0.3 is 24.1 Å². The van der Waals surface area contributed by atoms with Crippen LogP contribution >= 0.6 is 0 Å². The molecule has 1 N–H and O–H groups in total. The third-order valence-corrected chi connectivity index (χ3v) is 6.44. The Hall–Kier alpha value is -2.99. The van der Waals surface area contributed by atoms with Gasteiger partial charge in [-0.3, -0.25) is 4.79 Å². The van der Waals surface area contributed by atoms with E-state index in [-0.39, 0.29) is 11.9 Å². The molecule has 3 atom stereocenters. The van der Waals surface area contributed by atoms with Gasteiger partial charge in [-0.25, -0.2) is 0 Å². The summed E-state index contributed by atoms with van der Waals surface area (Å²) in [6.45, 7) is 5.91. The van der Waals surface area contributed by atoms with Crippen LogP contribution in [-0.2, 0) is 18.4 Å². The van der Waals surface area contributed by atoms with Gasteiger partial charge in [0.2, 0.25) is 5.78 Å². The number of carbonyl (C=O) groups excluding carboxylic acids is 1. The molecule has 2 heterocycles. The minimum atomic E-state index is -1.78. The van der Waals surface area contributed by atoms with Crippen molar-refractivity contribution in [2.24, 2.45) is 0 Å². The van der Waals surface area contributed by atoms with Gasteiger partial charge in [-0.15, -0.1) is 0 Å². The number of Topliss-reactive ketones (excluding diaryl/α,β-unsaturated/α-hetero) is 1. The smallest absolute Gasteiger partial charge is 0.206 e. The van der Waals surface area contributed by atoms with E-state index in [1.54, 1.807) is 25.3 Å². The minimum absolute atomic E-state index is 0.130. The SMILES string of the molecule is C=C(C)C1Cc2c(ccc3c2OC2CCc4cc(OC)c(OC)cc4C2(O)C3=O)O1. The fourth-order valence-electron chi connectivity index (χ4n) is 4.79. The summed E-state index contributed by atoms with van der Waals surface area (Å²) < 4.78 is 23.1. The molecule has 0 bridgehead atoms. The largest absolute Gasteiger partial charge is 0.493 e. The number of methoxy groups -OCH3 is 2. The second-order valence-corrected chi connectivity index (χ2v) is 8.18. The number of ether oxygens (including phenoxy) is 4. The molecule has 30 heavy (non-hydrogen) atoms. The summed E-state index contributed by atoms with van der Waals surface area (Å²) in [5.74, 6) is 1.92. The maximum Gasteiger partial charge on any atom is 0.206 e. The Kier molecular flexibility index (Phi) is 4.12. The van der Waals surface area contributed by atoms with E-state index >= 15 is 0 Å². The number of fused-ring (bicyclic) bond motifs is 6. The van der Waals surface area contributed by atoms with Crippen molar-refractivity contribution < 1.29 is 28.8 Å². The molecular weight excluding hydrogens is 384 g/mol. The number of ketones is 1. The molecule has 3 aliphatic rings. The number of aryl methyl sites for hydroxylation is 1. The van der Waals surface area contributed by atoms with Crippen molar-refractivity contribution in [1.82, 2.24) is 0 Å². The van der Waals surface area contributed by atoms with Crippen molar-refractivity contribution in [3.63, 3.8) is 0 Å². The molecule has 0 saturated carbocycles. The fraction of sp³-hybridized carbons (Fsp3) is 0.375. The quantitative estimate of drug-likeness (QED) is 0.785. The first-order valence-corrected chi connectivity index (χ1v) is 10.1. The number of aliphatic hydroxyl groups is 1. The lowest BCUT2D eigenvalue weighted by Gasteiger charge is -2.44. The lowest BCUT2D eigenvalue weighted by Crippen LogP contribution is -2.55. The second-order valence-electron chi connectivity index (χ2n) is 8.18. The van der Waals surface area contributed by atoms with E-state index < -0.39 is 11.7 Å². The second kappa shape index (κ2) is 6.51. The zero-order valence-corrected chi connectivity index (χ0v) is 17.3. The molecule has 6 nitrogen and oxygen atoms in total. The Bertz CT molecular complexity index is 1090. The van der Waals surface area contributed by atoms with Crippen LogP contribution in [0.1, 0.15) is 40.4 Å². The number of rotatable bonds is 3. The molecule has 6 heteroatoms. The molecule has 156 valence electrons. The van der Waals surface area contributed by atoms with E-state index in [0.29, 0.717) is 53.4 Å². The van der Waals surface area contributed by atoms with Gasteiger partial charge >= 0.3 is 0 Å². The van der Waals surface area contributed by atoms with Crippen molar-refractivity contribution in [2.75, 3.05) is 14.2 Å². The first-order valence-electron chi connectivity index (χ1n) is 10.1. The van der Waals surface area contributed by atoms with Crippen LogP contribution in [0.2, 0.25) is 0 Å². The zero-order valence-electron chi connectivity index (χ0n) is 17.3. The molecule has 2 aromatic rings. The molecule has 0 aromatic heterocycles. The summed E-state index contributed by atoms with van der Waals surface area (Å²) in [4.78, 5) is 13.6. The highest BCUT2D eigenvalue weighted by Crippen LogP contribution is 2.51. The van der Waals surface area contributed by atoms with E-state index in [2.05, 4.69) is 6.58 Å². The van der Waals surface area contributed by atoms with Gasteiger partial charge in [0.1, 0.15) is 23.7 Å². The Morgan fingerprint density at radius 3 is 2.63 bits per heavy atom. The summed E-state index contributed by atoms with van der Waals surface area (Å²) in [5.41, 5.74) is 1.77. The van der Waals surface area contributed by atoms with Crippen LogP contribution in [-0.4, -0.2) is 37.3 Å². The number of hydrogen-bond acceptors (Lipinski definition) is 6. The lowest BCUT2D eigenvalue weighted by atomic mass is 9.71. The van der Waals surface area contributed by atoms with Crippen molar-refractivity contribution in [2.45, 2.75) is 44.0 Å². The standard InChI is InChI=1S/C24H24O6/c1-12(2)18-10-15-17(29-18)7-6-14-22(15)30-21-8-5-13-9-19(27-3)20(28-4)11-16(13)24(21,26)23(14)25/h6-7,9,11,18,21,26H,1,5,8,10H2,2-4H3. The average Bonchev–Trinajstić information content (AvgIpc) is 3.19. The van der Waals surface area contributed by atoms with Gasteiger partial charge in [-0.05, 0) is 55.2 Å². The summed E-state index contributed by atoms with van der Waals surface area (Å²) in [6.07, 6.45) is 0.964. The van der Waals surface area contributed by atoms with E-state index in [9.17, 15) is 9.90 Å². The average molecular weight is 408 g/mol. The van der Waals surface area contributed by atoms with Gasteiger partial charge in [-0.2, -0.15) is 0 Å². The number of hydrogen-bond donors (Lipinski definition) is 1. The topological polar surface area (TPSA) is 74.2 Å². The zero-order chi connectivity index (χ0) is 21.2. The van der Waals surface area contributed by atoms with Crippen molar-refractivity contribution in [1.29, 1.82) is 0 Å². The Balaban J connectivity index is 1.63. The van der Waals surface area contributed by atoms with E-state index in [1.807, 2.05) is 13.0 Å². The van der Waals surface area contributed by atoms with E-state index in [1.165, 1.54) is 7.11 Å². The van der Waals surface area contributed by atoms with Crippen LogP contribution in [0, 0.1) is 0 Å².